The van der Waals surface area contributed by atoms with Crippen LogP contribution in [0.25, 0.3) is 0 Å². The average Bonchev–Trinajstić information content (AvgIpc) is 2.48. The number of carbonyl (C=O) groups is 2. The molecular formula is C14H16ClNO5. The largest absolute Gasteiger partial charge is 0.483 e. The Morgan fingerprint density at radius 3 is 3.00 bits per heavy atom. The number of halogens is 1. The molecule has 1 heterocycles. The molecule has 1 saturated heterocycles. The van der Waals surface area contributed by atoms with Crippen molar-refractivity contribution in [3.05, 3.63) is 28.8 Å². The van der Waals surface area contributed by atoms with Gasteiger partial charge in [0.05, 0.1) is 13.2 Å². The summed E-state index contributed by atoms with van der Waals surface area (Å²) >= 11 is 5.97. The van der Waals surface area contributed by atoms with Crippen molar-refractivity contribution in [3.8, 4) is 5.75 Å². The van der Waals surface area contributed by atoms with E-state index < -0.39 is 12.0 Å². The van der Waals surface area contributed by atoms with Crippen LogP contribution in [-0.2, 0) is 14.3 Å². The summed E-state index contributed by atoms with van der Waals surface area (Å²) in [5, 5.41) is 9.64. The maximum absolute atomic E-state index is 12.1. The van der Waals surface area contributed by atoms with E-state index in [9.17, 15) is 9.59 Å². The Labute approximate surface area is 127 Å². The van der Waals surface area contributed by atoms with E-state index in [2.05, 4.69) is 0 Å². The molecule has 21 heavy (non-hydrogen) atoms. The Kier molecular flexibility index (Phi) is 5.03. The standard InChI is InChI=1S/C14H16ClNO5/c1-9-10(15)3-2-4-12(9)21-8-13(17)16-5-6-20-7-11(16)14(18)19/h2-4,11H,5-8H2,1H3,(H,18,19)/t11-/m0/s1. The number of hydrogen-bond acceptors (Lipinski definition) is 4. The van der Waals surface area contributed by atoms with Crippen molar-refractivity contribution in [1.82, 2.24) is 4.90 Å². The Hall–Kier alpha value is -1.79. The van der Waals surface area contributed by atoms with Crippen LogP contribution in [0.3, 0.4) is 0 Å². The second kappa shape index (κ2) is 6.78. The molecule has 1 amide bonds. The highest BCUT2D eigenvalue weighted by Gasteiger charge is 2.32. The monoisotopic (exact) mass is 313 g/mol. The highest BCUT2D eigenvalue weighted by atomic mass is 35.5. The summed E-state index contributed by atoms with van der Waals surface area (Å²) in [5.74, 6) is -0.956. The third kappa shape index (κ3) is 3.65. The second-order valence-corrected chi connectivity index (χ2v) is 5.07. The molecule has 1 aromatic rings. The van der Waals surface area contributed by atoms with Gasteiger partial charge in [-0.3, -0.25) is 4.79 Å². The third-order valence-corrected chi connectivity index (χ3v) is 3.71. The van der Waals surface area contributed by atoms with E-state index >= 15 is 0 Å². The van der Waals surface area contributed by atoms with Gasteiger partial charge in [-0.15, -0.1) is 0 Å². The molecule has 0 radical (unpaired) electrons. The fraction of sp³-hybridized carbons (Fsp3) is 0.429. The van der Waals surface area contributed by atoms with Crippen LogP contribution in [0.5, 0.6) is 5.75 Å². The molecule has 0 spiro atoms. The maximum atomic E-state index is 12.1. The lowest BCUT2D eigenvalue weighted by Gasteiger charge is -2.32. The van der Waals surface area contributed by atoms with Crippen LogP contribution in [-0.4, -0.2) is 54.3 Å². The van der Waals surface area contributed by atoms with Crippen molar-refractivity contribution in [3.63, 3.8) is 0 Å². The number of aliphatic carboxylic acids is 1. The van der Waals surface area contributed by atoms with Crippen LogP contribution in [0, 0.1) is 6.92 Å². The first-order valence-electron chi connectivity index (χ1n) is 6.48. The molecule has 2 rings (SSSR count). The van der Waals surface area contributed by atoms with Gasteiger partial charge in [-0.2, -0.15) is 0 Å². The van der Waals surface area contributed by atoms with Crippen molar-refractivity contribution in [2.75, 3.05) is 26.4 Å². The van der Waals surface area contributed by atoms with Crippen molar-refractivity contribution >= 4 is 23.5 Å². The molecule has 0 saturated carbocycles. The van der Waals surface area contributed by atoms with Crippen molar-refractivity contribution in [1.29, 1.82) is 0 Å². The van der Waals surface area contributed by atoms with E-state index in [1.54, 1.807) is 25.1 Å². The average molecular weight is 314 g/mol. The number of rotatable bonds is 4. The molecule has 1 fully saturated rings. The molecule has 7 heteroatoms. The zero-order valence-corrected chi connectivity index (χ0v) is 12.3. The minimum atomic E-state index is -1.08. The lowest BCUT2D eigenvalue weighted by Crippen LogP contribution is -2.53. The van der Waals surface area contributed by atoms with Gasteiger partial charge in [-0.1, -0.05) is 17.7 Å². The van der Waals surface area contributed by atoms with E-state index in [1.807, 2.05) is 0 Å². The van der Waals surface area contributed by atoms with E-state index in [-0.39, 0.29) is 25.7 Å². The van der Waals surface area contributed by atoms with Gasteiger partial charge in [-0.25, -0.2) is 4.79 Å². The molecule has 0 bridgehead atoms. The van der Waals surface area contributed by atoms with Gasteiger partial charge in [0.15, 0.2) is 12.6 Å². The first kappa shape index (κ1) is 15.6. The summed E-state index contributed by atoms with van der Waals surface area (Å²) in [6.07, 6.45) is 0. The molecule has 0 aliphatic carbocycles. The number of carbonyl (C=O) groups excluding carboxylic acids is 1. The molecular weight excluding hydrogens is 298 g/mol. The first-order valence-corrected chi connectivity index (χ1v) is 6.86. The smallest absolute Gasteiger partial charge is 0.328 e. The summed E-state index contributed by atoms with van der Waals surface area (Å²) in [6.45, 7) is 2.12. The van der Waals surface area contributed by atoms with Crippen molar-refractivity contribution in [2.24, 2.45) is 0 Å². The zero-order chi connectivity index (χ0) is 15.4. The SMILES string of the molecule is Cc1c(Cl)cccc1OCC(=O)N1CCOC[C@H]1C(=O)O. The maximum Gasteiger partial charge on any atom is 0.328 e. The molecule has 6 nitrogen and oxygen atoms in total. The lowest BCUT2D eigenvalue weighted by molar-refractivity contribution is -0.159. The van der Waals surface area contributed by atoms with Crippen LogP contribution < -0.4 is 4.74 Å². The Balaban J connectivity index is 2.00. The van der Waals surface area contributed by atoms with Crippen molar-refractivity contribution < 1.29 is 24.2 Å². The van der Waals surface area contributed by atoms with Crippen LogP contribution >= 0.6 is 11.6 Å². The summed E-state index contributed by atoms with van der Waals surface area (Å²) in [4.78, 5) is 24.5. The van der Waals surface area contributed by atoms with Gasteiger partial charge in [0, 0.05) is 17.1 Å². The summed E-state index contributed by atoms with van der Waals surface area (Å²) < 4.78 is 10.5. The van der Waals surface area contributed by atoms with Crippen LogP contribution in [0.4, 0.5) is 0 Å². The summed E-state index contributed by atoms with van der Waals surface area (Å²) in [7, 11) is 0. The molecule has 1 aliphatic heterocycles. The minimum Gasteiger partial charge on any atom is -0.483 e. The molecule has 1 N–H and O–H groups in total. The van der Waals surface area contributed by atoms with E-state index in [1.165, 1.54) is 4.90 Å². The number of morpholine rings is 1. The molecule has 1 atom stereocenters. The predicted molar refractivity (Wildman–Crippen MR) is 75.6 cm³/mol. The van der Waals surface area contributed by atoms with Crippen molar-refractivity contribution in [2.45, 2.75) is 13.0 Å². The number of ether oxygens (including phenoxy) is 2. The van der Waals surface area contributed by atoms with Gasteiger partial charge in [0.1, 0.15) is 5.75 Å². The van der Waals surface area contributed by atoms with Gasteiger partial charge in [0.25, 0.3) is 5.91 Å². The molecule has 1 aromatic carbocycles. The number of carboxylic acid groups (broad SMARTS) is 1. The van der Waals surface area contributed by atoms with Gasteiger partial charge < -0.3 is 19.5 Å². The summed E-state index contributed by atoms with van der Waals surface area (Å²) in [5.41, 5.74) is 0.740. The Morgan fingerprint density at radius 2 is 2.29 bits per heavy atom. The topological polar surface area (TPSA) is 76.1 Å². The Morgan fingerprint density at radius 1 is 1.52 bits per heavy atom. The van der Waals surface area contributed by atoms with Crippen LogP contribution in [0.2, 0.25) is 5.02 Å². The predicted octanol–water partition coefficient (Wildman–Crippen LogP) is 1.34. The molecule has 0 aromatic heterocycles. The lowest BCUT2D eigenvalue weighted by atomic mass is 10.2. The number of nitrogens with zero attached hydrogens (tertiary/aromatic N) is 1. The number of amides is 1. The van der Waals surface area contributed by atoms with E-state index in [4.69, 9.17) is 26.2 Å². The van der Waals surface area contributed by atoms with E-state index in [0.29, 0.717) is 17.4 Å². The van der Waals surface area contributed by atoms with Crippen LogP contribution in [0.1, 0.15) is 5.56 Å². The van der Waals surface area contributed by atoms with Gasteiger partial charge in [-0.05, 0) is 19.1 Å². The third-order valence-electron chi connectivity index (χ3n) is 3.30. The highest BCUT2D eigenvalue weighted by Crippen LogP contribution is 2.25. The Bertz CT molecular complexity index is 548. The van der Waals surface area contributed by atoms with Gasteiger partial charge in [0.2, 0.25) is 0 Å². The summed E-state index contributed by atoms with van der Waals surface area (Å²) in [6, 6.07) is 4.20. The minimum absolute atomic E-state index is 0.00271. The molecule has 114 valence electrons. The fourth-order valence-corrected chi connectivity index (χ4v) is 2.24. The zero-order valence-electron chi connectivity index (χ0n) is 11.5. The first-order chi connectivity index (χ1) is 10.0. The van der Waals surface area contributed by atoms with Crippen LogP contribution in [0.15, 0.2) is 18.2 Å². The number of benzene rings is 1. The fourth-order valence-electron chi connectivity index (χ4n) is 2.07. The second-order valence-electron chi connectivity index (χ2n) is 4.67. The highest BCUT2D eigenvalue weighted by molar-refractivity contribution is 6.31. The quantitative estimate of drug-likeness (QED) is 0.908. The number of hydrogen-bond donors (Lipinski definition) is 1. The van der Waals surface area contributed by atoms with Gasteiger partial charge >= 0.3 is 5.97 Å². The number of carboxylic acids is 1. The van der Waals surface area contributed by atoms with E-state index in [0.717, 1.165) is 5.56 Å². The molecule has 1 aliphatic rings. The molecule has 0 unspecified atom stereocenters. The normalized spacial score (nSPS) is 18.4.